The fraction of sp³-hybridized carbons (Fsp3) is 0.200. The minimum Gasteiger partial charge on any atom is -0.790 e. The minimum atomic E-state index is -4.80. The van der Waals surface area contributed by atoms with Crippen molar-refractivity contribution in [2.24, 2.45) is 0 Å². The van der Waals surface area contributed by atoms with Gasteiger partial charge in [-0.15, -0.1) is 11.3 Å². The van der Waals surface area contributed by atoms with Crippen molar-refractivity contribution in [3.05, 3.63) is 22.4 Å². The first-order valence-electron chi connectivity index (χ1n) is 2.77. The van der Waals surface area contributed by atoms with Crippen LogP contribution in [0.5, 0.6) is 0 Å². The molecule has 0 atom stereocenters. The monoisotopic (exact) mass is 270 g/mol. The molecule has 0 aliphatic rings. The van der Waals surface area contributed by atoms with Gasteiger partial charge < -0.3 is 18.9 Å². The predicted molar refractivity (Wildman–Crippen MR) is 36.7 cm³/mol. The summed E-state index contributed by atoms with van der Waals surface area (Å²) in [7, 11) is -4.80. The standard InChI is InChI=1S/C5H7O4PS.2K/c6-10(7,8)9-4-5-2-1-3-11-5;;/h1-3H,4H2,(H2,6,7,8);;/q;2*+1/p-2. The van der Waals surface area contributed by atoms with Crippen molar-refractivity contribution in [2.75, 3.05) is 0 Å². The first-order chi connectivity index (χ1) is 5.08. The largest absolute Gasteiger partial charge is 1.00 e. The van der Waals surface area contributed by atoms with Crippen molar-refractivity contribution < 1.29 is 122 Å². The van der Waals surface area contributed by atoms with Gasteiger partial charge in [0.05, 0.1) is 14.4 Å². The van der Waals surface area contributed by atoms with Crippen LogP contribution in [0.2, 0.25) is 0 Å². The molecule has 0 saturated carbocycles. The van der Waals surface area contributed by atoms with E-state index in [4.69, 9.17) is 0 Å². The Kier molecular flexibility index (Phi) is 13.0. The van der Waals surface area contributed by atoms with Gasteiger partial charge in [-0.25, -0.2) is 0 Å². The number of thiophene rings is 1. The molecular formula is C5H5K2O4PS. The summed E-state index contributed by atoms with van der Waals surface area (Å²) in [5.41, 5.74) is 0. The molecule has 0 spiro atoms. The molecule has 1 heterocycles. The molecule has 0 aliphatic heterocycles. The van der Waals surface area contributed by atoms with Gasteiger partial charge in [0.2, 0.25) is 0 Å². The SMILES string of the molecule is O=P([O-])([O-])OCc1cccs1.[K+].[K+]. The van der Waals surface area contributed by atoms with Crippen molar-refractivity contribution in [1.29, 1.82) is 0 Å². The van der Waals surface area contributed by atoms with Gasteiger partial charge >= 0.3 is 103 Å². The van der Waals surface area contributed by atoms with Crippen molar-refractivity contribution in [1.82, 2.24) is 0 Å². The van der Waals surface area contributed by atoms with Crippen molar-refractivity contribution >= 4 is 19.2 Å². The van der Waals surface area contributed by atoms with E-state index in [-0.39, 0.29) is 109 Å². The molecular weight excluding hydrogens is 265 g/mol. The molecule has 1 aromatic rings. The second-order valence-corrected chi connectivity index (χ2v) is 3.98. The van der Waals surface area contributed by atoms with Gasteiger partial charge in [0.15, 0.2) is 0 Å². The predicted octanol–water partition coefficient (Wildman–Crippen LogP) is -5.90. The van der Waals surface area contributed by atoms with Crippen LogP contribution in [0.25, 0.3) is 0 Å². The zero-order valence-electron chi connectivity index (χ0n) is 7.43. The van der Waals surface area contributed by atoms with Crippen LogP contribution >= 0.6 is 19.2 Å². The van der Waals surface area contributed by atoms with Gasteiger partial charge in [0.1, 0.15) is 0 Å². The second kappa shape index (κ2) is 9.15. The topological polar surface area (TPSA) is 72.4 Å². The minimum absolute atomic E-state index is 0. The van der Waals surface area contributed by atoms with Gasteiger partial charge in [0.25, 0.3) is 0 Å². The summed E-state index contributed by atoms with van der Waals surface area (Å²) in [5, 5.41) is 1.78. The number of hydrogen-bond acceptors (Lipinski definition) is 5. The first-order valence-corrected chi connectivity index (χ1v) is 5.11. The van der Waals surface area contributed by atoms with Gasteiger partial charge in [-0.05, 0) is 11.4 Å². The molecule has 1 aromatic heterocycles. The third kappa shape index (κ3) is 9.98. The number of rotatable bonds is 3. The number of phosphoric acid groups is 1. The van der Waals surface area contributed by atoms with E-state index in [1.165, 1.54) is 11.3 Å². The Bertz CT molecular complexity index is 260. The number of hydrogen-bond donors (Lipinski definition) is 0. The Hall–Kier alpha value is 3.08. The van der Waals surface area contributed by atoms with E-state index in [9.17, 15) is 14.4 Å². The molecule has 0 bridgehead atoms. The maximum atomic E-state index is 9.98. The van der Waals surface area contributed by atoms with Crippen LogP contribution in [0.15, 0.2) is 17.5 Å². The summed E-state index contributed by atoms with van der Waals surface area (Å²) >= 11 is 1.34. The van der Waals surface area contributed by atoms with Crippen LogP contribution in [-0.4, -0.2) is 0 Å². The van der Waals surface area contributed by atoms with Gasteiger partial charge in [0, 0.05) is 4.88 Å². The summed E-state index contributed by atoms with van der Waals surface area (Å²) in [6.07, 6.45) is 0. The van der Waals surface area contributed by atoms with Crippen LogP contribution in [-0.2, 0) is 15.7 Å². The van der Waals surface area contributed by atoms with E-state index >= 15 is 0 Å². The first kappa shape index (κ1) is 18.4. The summed E-state index contributed by atoms with van der Waals surface area (Å²) < 4.78 is 14.0. The second-order valence-electron chi connectivity index (χ2n) is 1.80. The fourth-order valence-electron chi connectivity index (χ4n) is 0.537. The molecule has 0 radical (unpaired) electrons. The Morgan fingerprint density at radius 3 is 2.46 bits per heavy atom. The van der Waals surface area contributed by atoms with Crippen LogP contribution < -0.4 is 113 Å². The molecule has 0 aliphatic carbocycles. The van der Waals surface area contributed by atoms with Crippen molar-refractivity contribution in [3.63, 3.8) is 0 Å². The zero-order chi connectivity index (χ0) is 8.32. The molecule has 4 nitrogen and oxygen atoms in total. The summed E-state index contributed by atoms with van der Waals surface area (Å²) in [6, 6.07) is 3.45. The Labute approximate surface area is 166 Å². The summed E-state index contributed by atoms with van der Waals surface area (Å²) in [4.78, 5) is 20.7. The molecule has 13 heavy (non-hydrogen) atoms. The van der Waals surface area contributed by atoms with Crippen LogP contribution in [0.3, 0.4) is 0 Å². The van der Waals surface area contributed by atoms with Crippen LogP contribution in [0.1, 0.15) is 4.88 Å². The molecule has 1 rings (SSSR count). The van der Waals surface area contributed by atoms with Crippen LogP contribution in [0.4, 0.5) is 0 Å². The van der Waals surface area contributed by atoms with Gasteiger partial charge in [-0.2, -0.15) is 0 Å². The Morgan fingerprint density at radius 1 is 1.46 bits per heavy atom. The maximum Gasteiger partial charge on any atom is 1.00 e. The molecule has 62 valence electrons. The van der Waals surface area contributed by atoms with E-state index in [0.717, 1.165) is 4.88 Å². The molecule has 0 saturated heterocycles. The van der Waals surface area contributed by atoms with E-state index in [0.29, 0.717) is 0 Å². The molecule has 0 N–H and O–H groups in total. The third-order valence-corrected chi connectivity index (χ3v) is 2.24. The Balaban J connectivity index is 0. The van der Waals surface area contributed by atoms with E-state index in [1.54, 1.807) is 17.5 Å². The summed E-state index contributed by atoms with van der Waals surface area (Å²) in [5.74, 6) is 0. The van der Waals surface area contributed by atoms with Crippen LogP contribution in [0, 0.1) is 0 Å². The maximum absolute atomic E-state index is 9.98. The normalized spacial score (nSPS) is 10.0. The third-order valence-electron chi connectivity index (χ3n) is 0.945. The quantitative estimate of drug-likeness (QED) is 0.405. The Morgan fingerprint density at radius 2 is 2.08 bits per heavy atom. The number of phosphoric ester groups is 1. The summed E-state index contributed by atoms with van der Waals surface area (Å²) in [6.45, 7) is -0.151. The molecule has 0 aromatic carbocycles. The van der Waals surface area contributed by atoms with E-state index in [1.807, 2.05) is 0 Å². The smallest absolute Gasteiger partial charge is 0.790 e. The van der Waals surface area contributed by atoms with Gasteiger partial charge in [-0.1, -0.05) is 6.07 Å². The molecule has 0 unspecified atom stereocenters. The molecule has 8 heteroatoms. The van der Waals surface area contributed by atoms with E-state index < -0.39 is 7.82 Å². The zero-order valence-corrected chi connectivity index (χ0v) is 15.4. The van der Waals surface area contributed by atoms with E-state index in [2.05, 4.69) is 4.52 Å². The average Bonchev–Trinajstić information content (AvgIpc) is 2.32. The van der Waals surface area contributed by atoms with Gasteiger partial charge in [-0.3, -0.25) is 0 Å². The van der Waals surface area contributed by atoms with Crippen molar-refractivity contribution in [3.8, 4) is 0 Å². The molecule has 0 fully saturated rings. The fourth-order valence-corrected chi connectivity index (χ4v) is 1.54. The average molecular weight is 270 g/mol. The molecule has 0 amide bonds. The van der Waals surface area contributed by atoms with Crippen molar-refractivity contribution in [2.45, 2.75) is 6.61 Å².